The van der Waals surface area contributed by atoms with Crippen LogP contribution in [0.25, 0.3) is 0 Å². The molecular formula is C18H30N2S. The third-order valence-corrected chi connectivity index (χ3v) is 6.26. The molecule has 0 radical (unpaired) electrons. The Kier molecular flexibility index (Phi) is 5.03. The van der Waals surface area contributed by atoms with Crippen molar-refractivity contribution in [3.63, 3.8) is 0 Å². The zero-order valence-electron chi connectivity index (χ0n) is 13.7. The predicted molar refractivity (Wildman–Crippen MR) is 91.7 cm³/mol. The van der Waals surface area contributed by atoms with E-state index in [-0.39, 0.29) is 0 Å². The topological polar surface area (TPSA) is 15.3 Å². The van der Waals surface area contributed by atoms with Crippen molar-refractivity contribution in [2.24, 2.45) is 17.8 Å². The second kappa shape index (κ2) is 6.80. The van der Waals surface area contributed by atoms with Crippen LogP contribution < -0.4 is 5.32 Å². The average molecular weight is 307 g/mol. The van der Waals surface area contributed by atoms with Gasteiger partial charge in [0.25, 0.3) is 0 Å². The summed E-state index contributed by atoms with van der Waals surface area (Å²) in [4.78, 5) is 2.77. The first-order valence-electron chi connectivity index (χ1n) is 8.59. The molecule has 0 saturated heterocycles. The molecule has 21 heavy (non-hydrogen) atoms. The second-order valence-corrected chi connectivity index (χ2v) is 8.19. The van der Waals surface area contributed by atoms with Gasteiger partial charge in [-0.1, -0.05) is 13.8 Å². The van der Waals surface area contributed by atoms with E-state index in [2.05, 4.69) is 47.9 Å². The van der Waals surface area contributed by atoms with Crippen LogP contribution in [0.5, 0.6) is 0 Å². The summed E-state index contributed by atoms with van der Waals surface area (Å²) in [6.45, 7) is 7.32. The van der Waals surface area contributed by atoms with E-state index in [4.69, 9.17) is 0 Å². The molecule has 1 N–H and O–H groups in total. The fraction of sp³-hybridized carbons (Fsp3) is 0.778. The van der Waals surface area contributed by atoms with Crippen LogP contribution in [0.15, 0.2) is 16.8 Å². The first kappa shape index (κ1) is 15.5. The van der Waals surface area contributed by atoms with E-state index >= 15 is 0 Å². The number of thiophene rings is 1. The minimum Gasteiger partial charge on any atom is -0.317 e. The van der Waals surface area contributed by atoms with E-state index < -0.39 is 0 Å². The maximum atomic E-state index is 3.61. The molecule has 4 atom stereocenters. The molecule has 0 aliphatic heterocycles. The van der Waals surface area contributed by atoms with E-state index in [0.717, 1.165) is 30.3 Å². The Labute approximate surface area is 133 Å². The summed E-state index contributed by atoms with van der Waals surface area (Å²) in [5.41, 5.74) is 1.50. The van der Waals surface area contributed by atoms with Crippen molar-refractivity contribution < 1.29 is 0 Å². The van der Waals surface area contributed by atoms with Gasteiger partial charge in [-0.2, -0.15) is 11.3 Å². The molecule has 2 nitrogen and oxygen atoms in total. The molecule has 4 unspecified atom stereocenters. The summed E-state index contributed by atoms with van der Waals surface area (Å²) in [5, 5.41) is 8.14. The molecule has 0 aromatic carbocycles. The summed E-state index contributed by atoms with van der Waals surface area (Å²) < 4.78 is 0. The molecule has 118 valence electrons. The van der Waals surface area contributed by atoms with Crippen molar-refractivity contribution in [2.75, 3.05) is 13.6 Å². The molecule has 0 bridgehead atoms. The van der Waals surface area contributed by atoms with Crippen LogP contribution in [-0.2, 0) is 6.54 Å². The van der Waals surface area contributed by atoms with Gasteiger partial charge in [0.15, 0.2) is 0 Å². The summed E-state index contributed by atoms with van der Waals surface area (Å²) in [5.74, 6) is 2.53. The molecule has 2 aliphatic rings. The Bertz CT molecular complexity index is 426. The molecule has 2 saturated carbocycles. The van der Waals surface area contributed by atoms with E-state index in [0.29, 0.717) is 6.04 Å². The highest BCUT2D eigenvalue weighted by Crippen LogP contribution is 2.37. The van der Waals surface area contributed by atoms with Crippen LogP contribution in [0.3, 0.4) is 0 Å². The molecule has 1 aromatic heterocycles. The first-order chi connectivity index (χ1) is 10.2. The number of hydrogen-bond acceptors (Lipinski definition) is 3. The fourth-order valence-corrected chi connectivity index (χ4v) is 4.88. The van der Waals surface area contributed by atoms with Gasteiger partial charge in [-0.25, -0.2) is 0 Å². The number of hydrogen-bond donors (Lipinski definition) is 1. The average Bonchev–Trinajstić information content (AvgIpc) is 3.18. The van der Waals surface area contributed by atoms with Gasteiger partial charge in [-0.05, 0) is 72.9 Å². The van der Waals surface area contributed by atoms with E-state index in [1.54, 1.807) is 0 Å². The Morgan fingerprint density at radius 2 is 2.10 bits per heavy atom. The van der Waals surface area contributed by atoms with Crippen LogP contribution in [0, 0.1) is 17.8 Å². The monoisotopic (exact) mass is 306 g/mol. The Morgan fingerprint density at radius 1 is 1.29 bits per heavy atom. The van der Waals surface area contributed by atoms with Crippen molar-refractivity contribution in [1.82, 2.24) is 10.2 Å². The van der Waals surface area contributed by atoms with Crippen molar-refractivity contribution >= 4 is 11.3 Å². The highest BCUT2D eigenvalue weighted by molar-refractivity contribution is 7.07. The standard InChI is InChI=1S/C18H30N2S/c1-13-8-14(2)17(18(9-13)19-3)11-20(16-4-5-16)10-15-6-7-21-12-15/h6-7,12-14,16-19H,4-5,8-11H2,1-3H3. The zero-order chi connectivity index (χ0) is 14.8. The van der Waals surface area contributed by atoms with Crippen LogP contribution in [0.1, 0.15) is 45.1 Å². The van der Waals surface area contributed by atoms with Gasteiger partial charge in [0.05, 0.1) is 0 Å². The minimum absolute atomic E-state index is 0.701. The molecule has 3 rings (SSSR count). The highest BCUT2D eigenvalue weighted by Gasteiger charge is 2.37. The lowest BCUT2D eigenvalue weighted by molar-refractivity contribution is 0.0972. The molecule has 1 heterocycles. The van der Waals surface area contributed by atoms with Crippen molar-refractivity contribution in [3.8, 4) is 0 Å². The zero-order valence-corrected chi connectivity index (χ0v) is 14.5. The van der Waals surface area contributed by atoms with Crippen molar-refractivity contribution in [1.29, 1.82) is 0 Å². The van der Waals surface area contributed by atoms with Crippen LogP contribution in [0.2, 0.25) is 0 Å². The van der Waals surface area contributed by atoms with Gasteiger partial charge in [0.2, 0.25) is 0 Å². The summed E-state index contributed by atoms with van der Waals surface area (Å²) >= 11 is 1.83. The highest BCUT2D eigenvalue weighted by atomic mass is 32.1. The first-order valence-corrected chi connectivity index (χ1v) is 9.54. The Morgan fingerprint density at radius 3 is 2.71 bits per heavy atom. The van der Waals surface area contributed by atoms with E-state index in [1.165, 1.54) is 37.8 Å². The molecule has 0 spiro atoms. The van der Waals surface area contributed by atoms with Crippen LogP contribution >= 0.6 is 11.3 Å². The fourth-order valence-electron chi connectivity index (χ4n) is 4.22. The molecule has 1 aromatic rings. The third kappa shape index (κ3) is 3.88. The van der Waals surface area contributed by atoms with Crippen molar-refractivity contribution in [2.45, 2.75) is 58.2 Å². The van der Waals surface area contributed by atoms with Crippen LogP contribution in [0.4, 0.5) is 0 Å². The quantitative estimate of drug-likeness (QED) is 0.855. The lowest BCUT2D eigenvalue weighted by atomic mass is 9.72. The molecule has 3 heteroatoms. The van der Waals surface area contributed by atoms with Gasteiger partial charge in [0, 0.05) is 25.2 Å². The summed E-state index contributed by atoms with van der Waals surface area (Å²) in [6.07, 6.45) is 5.57. The van der Waals surface area contributed by atoms with E-state index in [9.17, 15) is 0 Å². The van der Waals surface area contributed by atoms with Gasteiger partial charge in [-0.3, -0.25) is 4.90 Å². The summed E-state index contributed by atoms with van der Waals surface area (Å²) in [6, 6.07) is 3.85. The van der Waals surface area contributed by atoms with Gasteiger partial charge in [0.1, 0.15) is 0 Å². The number of nitrogens with zero attached hydrogens (tertiary/aromatic N) is 1. The molecule has 2 aliphatic carbocycles. The van der Waals surface area contributed by atoms with Gasteiger partial charge < -0.3 is 5.32 Å². The molecule has 0 amide bonds. The second-order valence-electron chi connectivity index (χ2n) is 7.41. The SMILES string of the molecule is CNC1CC(C)CC(C)C1CN(Cc1ccsc1)C1CC1. The smallest absolute Gasteiger partial charge is 0.0245 e. The number of rotatable bonds is 6. The van der Waals surface area contributed by atoms with Crippen molar-refractivity contribution in [3.05, 3.63) is 22.4 Å². The minimum atomic E-state index is 0.701. The Hall–Kier alpha value is -0.380. The lowest BCUT2D eigenvalue weighted by Crippen LogP contribution is -2.48. The molecule has 2 fully saturated rings. The maximum Gasteiger partial charge on any atom is 0.0245 e. The Balaban J connectivity index is 1.66. The van der Waals surface area contributed by atoms with Gasteiger partial charge in [-0.15, -0.1) is 0 Å². The van der Waals surface area contributed by atoms with Gasteiger partial charge >= 0.3 is 0 Å². The number of nitrogens with one attached hydrogen (secondary N) is 1. The normalized spacial score (nSPS) is 33.5. The van der Waals surface area contributed by atoms with Crippen LogP contribution in [-0.4, -0.2) is 30.6 Å². The lowest BCUT2D eigenvalue weighted by Gasteiger charge is -2.42. The largest absolute Gasteiger partial charge is 0.317 e. The van der Waals surface area contributed by atoms with E-state index in [1.807, 2.05) is 11.3 Å². The third-order valence-electron chi connectivity index (χ3n) is 5.52. The molecular weight excluding hydrogens is 276 g/mol. The predicted octanol–water partition coefficient (Wildman–Crippen LogP) is 3.98. The summed E-state index contributed by atoms with van der Waals surface area (Å²) in [7, 11) is 2.16. The maximum absolute atomic E-state index is 3.61.